The fourth-order valence-corrected chi connectivity index (χ4v) is 21.1. The van der Waals surface area contributed by atoms with Crippen LogP contribution in [0.2, 0.25) is 0 Å². The zero-order valence-electron chi connectivity index (χ0n) is 27.9. The molecule has 0 unspecified atom stereocenters. The maximum absolute atomic E-state index is 5.19. The molecule has 6 saturated carbocycles. The summed E-state index contributed by atoms with van der Waals surface area (Å²) < 4.78 is 1.34. The molecule has 0 bridgehead atoms. The van der Waals surface area contributed by atoms with Crippen molar-refractivity contribution in [3.8, 4) is 0 Å². The summed E-state index contributed by atoms with van der Waals surface area (Å²) in [7, 11) is 10.3. The SMILES string of the molecule is C1CCC([PH+](C2CCCCC2)C2CCCCC2)CC1.C1CCC([PH+](C2CCCCC2)C2CCCCC2)CC1.N[CH]=[Ru]([Cl])[Cl]. The third kappa shape index (κ3) is 13.4. The van der Waals surface area contributed by atoms with Gasteiger partial charge in [0.2, 0.25) is 0 Å². The van der Waals surface area contributed by atoms with E-state index in [1.54, 1.807) is 193 Å². The number of hydrogen-bond acceptors (Lipinski definition) is 1. The molecule has 0 aliphatic heterocycles. The van der Waals surface area contributed by atoms with Crippen molar-refractivity contribution in [1.29, 1.82) is 0 Å². The summed E-state index contributed by atoms with van der Waals surface area (Å²) in [5.74, 6) is 0. The molecule has 0 aromatic heterocycles. The second-order valence-electron chi connectivity index (χ2n) is 15.3. The summed E-state index contributed by atoms with van der Waals surface area (Å²) >= 11 is -1.59. The van der Waals surface area contributed by atoms with Crippen LogP contribution in [0.5, 0.6) is 0 Å². The predicted molar refractivity (Wildman–Crippen MR) is 200 cm³/mol. The standard InChI is InChI=1S/2C18H33P.CH3N.2ClH.Ru/c2*1-4-10-16(11-5-1)19(17-12-6-2-7-13-17)18-14-8-3-9-15-18;1-2;;;/h2*16-18H,1-15H2;1H,2H2;2*1H;/q;;;;;+2. The van der Waals surface area contributed by atoms with Gasteiger partial charge in [0, 0.05) is 15.8 Å². The minimum absolute atomic E-state index is 0.0465. The van der Waals surface area contributed by atoms with Gasteiger partial charge in [0.15, 0.2) is 0 Å². The second kappa shape index (κ2) is 22.5. The second-order valence-corrected chi connectivity index (χ2v) is 28.0. The summed E-state index contributed by atoms with van der Waals surface area (Å²) in [5, 5.41) is 0. The molecule has 0 aromatic carbocycles. The van der Waals surface area contributed by atoms with Crippen molar-refractivity contribution >= 4 is 40.0 Å². The van der Waals surface area contributed by atoms with Crippen molar-refractivity contribution in [2.75, 3.05) is 0 Å². The summed E-state index contributed by atoms with van der Waals surface area (Å²) in [6, 6.07) is 0. The van der Waals surface area contributed by atoms with E-state index in [4.69, 9.17) is 25.1 Å². The fraction of sp³-hybridized carbons (Fsp3) is 0.973. The number of hydrogen-bond donors (Lipinski definition) is 1. The molecule has 2 N–H and O–H groups in total. The third-order valence-electron chi connectivity index (χ3n) is 12.5. The van der Waals surface area contributed by atoms with Gasteiger partial charge in [0.25, 0.3) is 0 Å². The van der Waals surface area contributed by atoms with E-state index in [0.717, 1.165) is 0 Å². The molecular formula is C37H71Cl2NP2Ru+2. The van der Waals surface area contributed by atoms with Gasteiger partial charge in [-0.1, -0.05) is 38.5 Å². The molecule has 0 saturated heterocycles. The van der Waals surface area contributed by atoms with Crippen LogP contribution in [0.4, 0.5) is 0 Å². The van der Waals surface area contributed by atoms with Gasteiger partial charge < -0.3 is 0 Å². The van der Waals surface area contributed by atoms with Crippen molar-refractivity contribution < 1.29 is 13.5 Å². The van der Waals surface area contributed by atoms with E-state index >= 15 is 0 Å². The van der Waals surface area contributed by atoms with Gasteiger partial charge in [-0.25, -0.2) is 0 Å². The molecule has 254 valence electrons. The Labute approximate surface area is 284 Å². The van der Waals surface area contributed by atoms with Crippen LogP contribution in [-0.4, -0.2) is 38.7 Å². The zero-order valence-corrected chi connectivity index (χ0v) is 33.2. The topological polar surface area (TPSA) is 26.0 Å². The average molecular weight is 764 g/mol. The molecule has 0 radical (unpaired) electrons. The molecule has 1 nitrogen and oxygen atoms in total. The summed E-state index contributed by atoms with van der Waals surface area (Å²) in [5.41, 5.74) is 12.2. The molecule has 0 atom stereocenters. The number of nitrogens with two attached hydrogens (primary N) is 1. The first-order chi connectivity index (χ1) is 21.2. The van der Waals surface area contributed by atoms with Gasteiger partial charge in [-0.05, 0) is 154 Å². The van der Waals surface area contributed by atoms with Crippen molar-refractivity contribution in [1.82, 2.24) is 0 Å². The average Bonchev–Trinajstić information content (AvgIpc) is 3.09. The Morgan fingerprint density at radius 3 is 0.605 bits per heavy atom. The summed E-state index contributed by atoms with van der Waals surface area (Å²) in [6.45, 7) is 0. The van der Waals surface area contributed by atoms with E-state index < -0.39 is 13.5 Å². The van der Waals surface area contributed by atoms with E-state index in [2.05, 4.69) is 0 Å². The van der Waals surface area contributed by atoms with Crippen LogP contribution in [0, 0.1) is 0 Å². The summed E-state index contributed by atoms with van der Waals surface area (Å²) in [4.78, 5) is 0. The molecule has 6 aliphatic carbocycles. The molecule has 0 amide bonds. The van der Waals surface area contributed by atoms with E-state index in [1.165, 1.54) is 38.7 Å². The van der Waals surface area contributed by atoms with Gasteiger partial charge in [-0.15, -0.1) is 0 Å². The first kappa shape index (κ1) is 37.7. The van der Waals surface area contributed by atoms with Gasteiger partial charge in [0.05, 0.1) is 34.0 Å². The van der Waals surface area contributed by atoms with E-state index in [9.17, 15) is 0 Å². The van der Waals surface area contributed by atoms with Crippen LogP contribution in [0.15, 0.2) is 0 Å². The van der Waals surface area contributed by atoms with Crippen LogP contribution in [0.1, 0.15) is 193 Å². The van der Waals surface area contributed by atoms with E-state index in [-0.39, 0.29) is 15.8 Å². The van der Waals surface area contributed by atoms with Crippen molar-refractivity contribution in [2.45, 2.75) is 227 Å². The Hall–Kier alpha value is 1.89. The molecule has 0 aromatic rings. The van der Waals surface area contributed by atoms with Gasteiger partial charge in [0.1, 0.15) is 0 Å². The van der Waals surface area contributed by atoms with E-state index in [1.807, 2.05) is 0 Å². The minimum atomic E-state index is -1.59. The van der Waals surface area contributed by atoms with Crippen LogP contribution in [0.3, 0.4) is 0 Å². The van der Waals surface area contributed by atoms with Crippen molar-refractivity contribution in [2.24, 2.45) is 5.73 Å². The quantitative estimate of drug-likeness (QED) is 0.212. The first-order valence-corrected chi connectivity index (χ1v) is 28.4. The molecule has 6 fully saturated rings. The summed E-state index contributed by atoms with van der Waals surface area (Å²) in [6.07, 6.45) is 47.6. The van der Waals surface area contributed by atoms with Gasteiger partial charge in [-0.3, -0.25) is 0 Å². The Kier molecular flexibility index (Phi) is 19.7. The van der Waals surface area contributed by atoms with Crippen LogP contribution >= 0.6 is 35.2 Å². The molecular weight excluding hydrogens is 692 g/mol. The first-order valence-electron chi connectivity index (χ1n) is 19.4. The predicted octanol–water partition coefficient (Wildman–Crippen LogP) is 13.0. The molecule has 0 spiro atoms. The zero-order chi connectivity index (χ0) is 30.1. The fourth-order valence-electron chi connectivity index (χ4n) is 10.6. The van der Waals surface area contributed by atoms with E-state index in [0.29, 0.717) is 0 Å². The molecule has 6 heteroatoms. The third-order valence-corrected chi connectivity index (χ3v) is 23.2. The van der Waals surface area contributed by atoms with Crippen LogP contribution < -0.4 is 5.73 Å². The van der Waals surface area contributed by atoms with Crippen molar-refractivity contribution in [3.63, 3.8) is 0 Å². The Morgan fingerprint density at radius 1 is 0.349 bits per heavy atom. The monoisotopic (exact) mass is 763 g/mol. The Morgan fingerprint density at radius 2 is 0.488 bits per heavy atom. The molecule has 43 heavy (non-hydrogen) atoms. The van der Waals surface area contributed by atoms with Crippen LogP contribution in [-0.2, 0) is 13.5 Å². The molecule has 0 heterocycles. The normalized spacial score (nSPS) is 26.8. The maximum atomic E-state index is 5.19. The Balaban J connectivity index is 0.000000171. The van der Waals surface area contributed by atoms with Crippen LogP contribution in [0.25, 0.3) is 0 Å². The molecule has 6 rings (SSSR count). The van der Waals surface area contributed by atoms with Gasteiger partial charge >= 0.3 is 43.4 Å². The molecule has 6 aliphatic rings. The number of rotatable bonds is 6. The Bertz CT molecular complexity index is 589. The number of halogens is 2. The van der Waals surface area contributed by atoms with Crippen molar-refractivity contribution in [3.05, 3.63) is 0 Å². The van der Waals surface area contributed by atoms with Gasteiger partial charge in [-0.2, -0.15) is 0 Å².